The van der Waals surface area contributed by atoms with Crippen LogP contribution in [0.2, 0.25) is 0 Å². The number of aromatic nitrogens is 2. The molecule has 2 N–H and O–H groups in total. The molecule has 0 fully saturated rings. The van der Waals surface area contributed by atoms with Crippen LogP contribution in [0.1, 0.15) is 16.1 Å². The van der Waals surface area contributed by atoms with Gasteiger partial charge in [-0.1, -0.05) is 18.2 Å². The van der Waals surface area contributed by atoms with Gasteiger partial charge >= 0.3 is 5.97 Å². The molecule has 0 saturated heterocycles. The number of carbonyl (C=O) groups excluding carboxylic acids is 2. The first kappa shape index (κ1) is 13.5. The Morgan fingerprint density at radius 2 is 2.05 bits per heavy atom. The van der Waals surface area contributed by atoms with Crippen molar-refractivity contribution in [3.8, 4) is 0 Å². The molecule has 0 bridgehead atoms. The van der Waals surface area contributed by atoms with E-state index in [4.69, 9.17) is 0 Å². The zero-order valence-electron chi connectivity index (χ0n) is 10.8. The van der Waals surface area contributed by atoms with Crippen LogP contribution in [-0.4, -0.2) is 29.0 Å². The molecule has 2 aromatic rings. The maximum atomic E-state index is 12.0. The number of benzene rings is 1. The zero-order valence-corrected chi connectivity index (χ0v) is 10.8. The van der Waals surface area contributed by atoms with Crippen LogP contribution in [0, 0.1) is 0 Å². The highest BCUT2D eigenvalue weighted by Gasteiger charge is 2.14. The fraction of sp³-hybridized carbons (Fsp3) is 0.0714. The highest BCUT2D eigenvalue weighted by Crippen LogP contribution is 2.05. The lowest BCUT2D eigenvalue weighted by atomic mass is 10.2. The van der Waals surface area contributed by atoms with Crippen molar-refractivity contribution in [3.05, 3.63) is 59.8 Å². The number of rotatable bonds is 4. The Balaban J connectivity index is 2.21. The fourth-order valence-electron chi connectivity index (χ4n) is 1.54. The van der Waals surface area contributed by atoms with Gasteiger partial charge in [-0.25, -0.2) is 9.78 Å². The molecule has 1 amide bonds. The first-order valence-corrected chi connectivity index (χ1v) is 5.85. The number of methoxy groups -OCH3 is 1. The van der Waals surface area contributed by atoms with Crippen LogP contribution in [-0.2, 0) is 9.53 Å². The molecule has 1 aromatic carbocycles. The molecule has 0 unspecified atom stereocenters. The molecule has 0 saturated carbocycles. The van der Waals surface area contributed by atoms with Crippen molar-refractivity contribution in [1.29, 1.82) is 0 Å². The number of hydrogen-bond acceptors (Lipinski definition) is 4. The molecule has 2 rings (SSSR count). The lowest BCUT2D eigenvalue weighted by Gasteiger charge is -2.07. The van der Waals surface area contributed by atoms with Gasteiger partial charge in [-0.2, -0.15) is 0 Å². The molecule has 20 heavy (non-hydrogen) atoms. The van der Waals surface area contributed by atoms with Crippen LogP contribution >= 0.6 is 0 Å². The average Bonchev–Trinajstić information content (AvgIpc) is 2.99. The van der Waals surface area contributed by atoms with Gasteiger partial charge in [0.05, 0.1) is 25.3 Å². The van der Waals surface area contributed by atoms with Gasteiger partial charge in [-0.05, 0) is 18.2 Å². The minimum absolute atomic E-state index is 0.0330. The van der Waals surface area contributed by atoms with Crippen LogP contribution in [0.4, 0.5) is 0 Å². The lowest BCUT2D eigenvalue weighted by molar-refractivity contribution is -0.136. The van der Waals surface area contributed by atoms with Gasteiger partial charge in [0.15, 0.2) is 0 Å². The number of nitrogens with zero attached hydrogens (tertiary/aromatic N) is 1. The van der Waals surface area contributed by atoms with Gasteiger partial charge in [-0.3, -0.25) is 4.79 Å². The maximum absolute atomic E-state index is 12.0. The monoisotopic (exact) mass is 271 g/mol. The summed E-state index contributed by atoms with van der Waals surface area (Å²) in [5.41, 5.74) is 1.07. The summed E-state index contributed by atoms with van der Waals surface area (Å²) in [6.45, 7) is 0. The van der Waals surface area contributed by atoms with E-state index in [1.54, 1.807) is 30.3 Å². The van der Waals surface area contributed by atoms with Crippen molar-refractivity contribution >= 4 is 18.0 Å². The molecule has 6 nitrogen and oxygen atoms in total. The number of aromatic amines is 1. The second kappa shape index (κ2) is 6.33. The van der Waals surface area contributed by atoms with Gasteiger partial charge < -0.3 is 15.0 Å². The van der Waals surface area contributed by atoms with Gasteiger partial charge in [0, 0.05) is 5.56 Å². The van der Waals surface area contributed by atoms with Crippen molar-refractivity contribution in [1.82, 2.24) is 15.3 Å². The van der Waals surface area contributed by atoms with E-state index in [1.165, 1.54) is 25.7 Å². The van der Waals surface area contributed by atoms with Gasteiger partial charge in [0.25, 0.3) is 5.91 Å². The minimum Gasteiger partial charge on any atom is -0.464 e. The number of amides is 1. The number of H-pyrrole nitrogens is 1. The maximum Gasteiger partial charge on any atom is 0.354 e. The van der Waals surface area contributed by atoms with Gasteiger partial charge in [0.2, 0.25) is 0 Å². The second-order valence-corrected chi connectivity index (χ2v) is 3.88. The highest BCUT2D eigenvalue weighted by atomic mass is 16.5. The number of imidazole rings is 1. The van der Waals surface area contributed by atoms with Crippen LogP contribution in [0.15, 0.2) is 48.6 Å². The molecule has 1 aromatic heterocycles. The van der Waals surface area contributed by atoms with Crippen molar-refractivity contribution < 1.29 is 14.3 Å². The third kappa shape index (κ3) is 3.32. The third-order valence-corrected chi connectivity index (χ3v) is 2.51. The highest BCUT2D eigenvalue weighted by molar-refractivity contribution is 6.03. The van der Waals surface area contributed by atoms with Crippen molar-refractivity contribution in [2.75, 3.05) is 7.11 Å². The number of carbonyl (C=O) groups is 2. The summed E-state index contributed by atoms with van der Waals surface area (Å²) in [6, 6.07) is 8.59. The lowest BCUT2D eigenvalue weighted by Crippen LogP contribution is -2.28. The molecule has 0 aliphatic heterocycles. The molecule has 102 valence electrons. The topological polar surface area (TPSA) is 84.1 Å². The first-order chi connectivity index (χ1) is 9.70. The largest absolute Gasteiger partial charge is 0.464 e. The Labute approximate surface area is 115 Å². The van der Waals surface area contributed by atoms with Gasteiger partial charge in [-0.15, -0.1) is 0 Å². The van der Waals surface area contributed by atoms with E-state index in [0.29, 0.717) is 11.3 Å². The summed E-state index contributed by atoms with van der Waals surface area (Å²) < 4.78 is 4.64. The Morgan fingerprint density at radius 1 is 1.30 bits per heavy atom. The molecule has 0 radical (unpaired) electrons. The van der Waals surface area contributed by atoms with E-state index in [0.717, 1.165) is 0 Å². The summed E-state index contributed by atoms with van der Waals surface area (Å²) >= 11 is 0. The third-order valence-electron chi connectivity index (χ3n) is 2.51. The standard InChI is InChI=1S/C14H13N3O3/c1-20-14(19)12(7-11-8-15-9-16-11)17-13(18)10-5-3-2-4-6-10/h2-9H,1H3,(H,15,16)(H,17,18)/b12-7-. The Hall–Kier alpha value is -2.89. The normalized spacial score (nSPS) is 10.9. The second-order valence-electron chi connectivity index (χ2n) is 3.88. The van der Waals surface area contributed by atoms with Crippen molar-refractivity contribution in [2.24, 2.45) is 0 Å². The quantitative estimate of drug-likeness (QED) is 0.649. The number of ether oxygens (including phenoxy) is 1. The molecule has 0 aliphatic carbocycles. The van der Waals surface area contributed by atoms with Crippen LogP contribution in [0.25, 0.3) is 6.08 Å². The Bertz CT molecular complexity index is 618. The summed E-state index contributed by atoms with van der Waals surface area (Å²) in [5, 5.41) is 2.52. The minimum atomic E-state index is -0.635. The van der Waals surface area contributed by atoms with Gasteiger partial charge in [0.1, 0.15) is 5.70 Å². The van der Waals surface area contributed by atoms with E-state index in [1.807, 2.05) is 0 Å². The average molecular weight is 271 g/mol. The SMILES string of the molecule is COC(=O)/C(=C/c1cnc[nH]1)NC(=O)c1ccccc1. The Morgan fingerprint density at radius 3 is 2.65 bits per heavy atom. The smallest absolute Gasteiger partial charge is 0.354 e. The molecule has 1 heterocycles. The predicted octanol–water partition coefficient (Wildman–Crippen LogP) is 1.35. The molecule has 0 spiro atoms. The predicted molar refractivity (Wildman–Crippen MR) is 72.5 cm³/mol. The molecular formula is C14H13N3O3. The molecule has 6 heteroatoms. The van der Waals surface area contributed by atoms with Crippen LogP contribution in [0.5, 0.6) is 0 Å². The van der Waals surface area contributed by atoms with E-state index in [-0.39, 0.29) is 11.6 Å². The molecule has 0 aliphatic rings. The van der Waals surface area contributed by atoms with E-state index >= 15 is 0 Å². The summed E-state index contributed by atoms with van der Waals surface area (Å²) in [7, 11) is 1.25. The van der Waals surface area contributed by atoms with E-state index in [2.05, 4.69) is 20.0 Å². The van der Waals surface area contributed by atoms with Crippen LogP contribution in [0.3, 0.4) is 0 Å². The fourth-order valence-corrected chi connectivity index (χ4v) is 1.54. The number of nitrogens with one attached hydrogen (secondary N) is 2. The van der Waals surface area contributed by atoms with Crippen LogP contribution < -0.4 is 5.32 Å². The molecule has 0 atom stereocenters. The number of esters is 1. The summed E-state index contributed by atoms with van der Waals surface area (Å²) in [4.78, 5) is 30.3. The van der Waals surface area contributed by atoms with E-state index < -0.39 is 5.97 Å². The molecular weight excluding hydrogens is 258 g/mol. The van der Waals surface area contributed by atoms with Crippen molar-refractivity contribution in [2.45, 2.75) is 0 Å². The number of hydrogen-bond donors (Lipinski definition) is 2. The summed E-state index contributed by atoms with van der Waals surface area (Å²) in [6.07, 6.45) is 4.46. The van der Waals surface area contributed by atoms with E-state index in [9.17, 15) is 9.59 Å². The summed E-state index contributed by atoms with van der Waals surface area (Å²) in [5.74, 6) is -1.02. The Kier molecular flexibility index (Phi) is 4.28. The van der Waals surface area contributed by atoms with Crippen molar-refractivity contribution in [3.63, 3.8) is 0 Å². The zero-order chi connectivity index (χ0) is 14.4. The first-order valence-electron chi connectivity index (χ1n) is 5.85.